The SMILES string of the molecule is OC(C1CCCCC1)(C(F)(F)F)[N+]12CCC(CC1)CC2. The van der Waals surface area contributed by atoms with Crippen molar-refractivity contribution in [3.05, 3.63) is 0 Å². The minimum atomic E-state index is -4.51. The van der Waals surface area contributed by atoms with Gasteiger partial charge in [0, 0.05) is 0 Å². The molecule has 0 aromatic rings. The first-order chi connectivity index (χ1) is 9.39. The molecule has 1 saturated carbocycles. The summed E-state index contributed by atoms with van der Waals surface area (Å²) in [7, 11) is 0. The first kappa shape index (κ1) is 14.6. The minimum absolute atomic E-state index is 0.0995. The van der Waals surface area contributed by atoms with Crippen molar-refractivity contribution in [3.63, 3.8) is 0 Å². The van der Waals surface area contributed by atoms with Gasteiger partial charge in [-0.3, -0.25) is 4.48 Å². The van der Waals surface area contributed by atoms with Crippen molar-refractivity contribution in [2.24, 2.45) is 11.8 Å². The number of halogens is 3. The van der Waals surface area contributed by atoms with Gasteiger partial charge < -0.3 is 5.11 Å². The molecule has 0 aromatic heterocycles. The number of alkyl halides is 3. The molecule has 1 atom stereocenters. The second kappa shape index (κ2) is 4.87. The highest BCUT2D eigenvalue weighted by molar-refractivity contribution is 4.91. The van der Waals surface area contributed by atoms with Crippen molar-refractivity contribution >= 4 is 0 Å². The Labute approximate surface area is 118 Å². The van der Waals surface area contributed by atoms with E-state index >= 15 is 0 Å². The van der Waals surface area contributed by atoms with Crippen molar-refractivity contribution in [2.45, 2.75) is 63.3 Å². The van der Waals surface area contributed by atoms with Gasteiger partial charge in [-0.05, 0) is 38.0 Å². The highest BCUT2D eigenvalue weighted by Crippen LogP contribution is 2.52. The van der Waals surface area contributed by atoms with E-state index in [9.17, 15) is 18.3 Å². The zero-order chi connectivity index (χ0) is 14.4. The summed E-state index contributed by atoms with van der Waals surface area (Å²) in [5, 5.41) is 10.9. The number of hydrogen-bond donors (Lipinski definition) is 1. The minimum Gasteiger partial charge on any atom is -0.335 e. The summed E-state index contributed by atoms with van der Waals surface area (Å²) in [5.41, 5.74) is -2.50. The Hall–Kier alpha value is -0.290. The van der Waals surface area contributed by atoms with Gasteiger partial charge in [0.2, 0.25) is 0 Å². The average Bonchev–Trinajstić information content (AvgIpc) is 2.48. The molecule has 116 valence electrons. The number of hydrogen-bond acceptors (Lipinski definition) is 1. The van der Waals surface area contributed by atoms with Crippen LogP contribution in [0, 0.1) is 11.8 Å². The third-order valence-corrected chi connectivity index (χ3v) is 6.21. The van der Waals surface area contributed by atoms with Crippen LogP contribution in [-0.2, 0) is 0 Å². The van der Waals surface area contributed by atoms with Gasteiger partial charge in [0.1, 0.15) is 0 Å². The lowest BCUT2D eigenvalue weighted by Crippen LogP contribution is -2.77. The quantitative estimate of drug-likeness (QED) is 0.773. The van der Waals surface area contributed by atoms with Gasteiger partial charge in [-0.2, -0.15) is 13.2 Å². The molecule has 1 aliphatic carbocycles. The van der Waals surface area contributed by atoms with Crippen molar-refractivity contribution in [3.8, 4) is 0 Å². The average molecular weight is 292 g/mol. The molecule has 0 aromatic carbocycles. The van der Waals surface area contributed by atoms with E-state index in [1.807, 2.05) is 0 Å². The zero-order valence-corrected chi connectivity index (χ0v) is 12.0. The monoisotopic (exact) mass is 292 g/mol. The van der Waals surface area contributed by atoms with Gasteiger partial charge in [0.25, 0.3) is 0 Å². The first-order valence-corrected chi connectivity index (χ1v) is 8.04. The van der Waals surface area contributed by atoms with Crippen LogP contribution in [0.2, 0.25) is 0 Å². The topological polar surface area (TPSA) is 20.2 Å². The van der Waals surface area contributed by atoms with Crippen molar-refractivity contribution in [2.75, 3.05) is 19.6 Å². The molecule has 1 N–H and O–H groups in total. The molecule has 3 heterocycles. The normalized spacial score (nSPS) is 38.7. The number of quaternary nitrogens is 1. The maximum atomic E-state index is 13.9. The standard InChI is InChI=1S/C15H25F3NO/c16-15(17,18)14(20,13-4-2-1-3-5-13)19-9-6-12(7-10-19)8-11-19/h12-13,20H,1-11H2/q+1. The summed E-state index contributed by atoms with van der Waals surface area (Å²) in [4.78, 5) is 0. The van der Waals surface area contributed by atoms with Crippen molar-refractivity contribution in [1.29, 1.82) is 0 Å². The summed E-state index contributed by atoms with van der Waals surface area (Å²) in [5.74, 6) is -0.00950. The van der Waals surface area contributed by atoms with Crippen molar-refractivity contribution in [1.82, 2.24) is 0 Å². The molecule has 3 saturated heterocycles. The number of aliphatic hydroxyl groups is 1. The van der Waals surface area contributed by atoms with Crippen LogP contribution in [0.5, 0.6) is 0 Å². The van der Waals surface area contributed by atoms with Crippen LogP contribution in [0.25, 0.3) is 0 Å². The molecule has 4 rings (SSSR count). The summed E-state index contributed by atoms with van der Waals surface area (Å²) in [6.07, 6.45) is 1.75. The van der Waals surface area contributed by atoms with Gasteiger partial charge in [0.15, 0.2) is 0 Å². The van der Waals surface area contributed by atoms with Crippen molar-refractivity contribution < 1.29 is 22.8 Å². The Kier molecular flexibility index (Phi) is 3.57. The Morgan fingerprint density at radius 2 is 1.30 bits per heavy atom. The molecule has 20 heavy (non-hydrogen) atoms. The van der Waals surface area contributed by atoms with Crippen LogP contribution in [0.15, 0.2) is 0 Å². The Bertz CT molecular complexity index is 343. The van der Waals surface area contributed by atoms with Gasteiger partial charge in [-0.15, -0.1) is 0 Å². The van der Waals surface area contributed by atoms with Gasteiger partial charge in [-0.1, -0.05) is 19.3 Å². The van der Waals surface area contributed by atoms with E-state index in [1.54, 1.807) is 0 Å². The fourth-order valence-corrected chi connectivity index (χ4v) is 4.96. The lowest BCUT2D eigenvalue weighted by molar-refractivity contribution is -1.03. The second-order valence-electron chi connectivity index (χ2n) is 7.11. The van der Waals surface area contributed by atoms with Gasteiger partial charge in [0.05, 0.1) is 25.6 Å². The molecule has 1 unspecified atom stereocenters. The zero-order valence-electron chi connectivity index (χ0n) is 12.0. The van der Waals surface area contributed by atoms with Gasteiger partial charge in [-0.25, -0.2) is 0 Å². The van der Waals surface area contributed by atoms with E-state index in [4.69, 9.17) is 0 Å². The van der Waals surface area contributed by atoms with E-state index in [0.29, 0.717) is 38.4 Å². The van der Waals surface area contributed by atoms with Crippen LogP contribution >= 0.6 is 0 Å². The molecule has 0 spiro atoms. The van der Waals surface area contributed by atoms with E-state index < -0.39 is 17.8 Å². The molecule has 3 aliphatic heterocycles. The summed E-state index contributed by atoms with van der Waals surface area (Å²) < 4.78 is 41.5. The highest BCUT2D eigenvalue weighted by Gasteiger charge is 2.72. The fraction of sp³-hybridized carbons (Fsp3) is 1.00. The lowest BCUT2D eigenvalue weighted by Gasteiger charge is -2.59. The van der Waals surface area contributed by atoms with Crippen LogP contribution in [0.3, 0.4) is 0 Å². The number of nitrogens with zero attached hydrogens (tertiary/aromatic N) is 1. The molecular weight excluding hydrogens is 267 g/mol. The second-order valence-corrected chi connectivity index (χ2v) is 7.11. The maximum Gasteiger partial charge on any atom is 0.473 e. The van der Waals surface area contributed by atoms with Crippen LogP contribution in [0.1, 0.15) is 51.4 Å². The predicted octanol–water partition coefficient (Wildman–Crippen LogP) is 3.45. The first-order valence-electron chi connectivity index (χ1n) is 8.04. The van der Waals surface area contributed by atoms with Crippen LogP contribution in [-0.4, -0.2) is 41.1 Å². The molecule has 2 bridgehead atoms. The van der Waals surface area contributed by atoms with E-state index in [0.717, 1.165) is 38.5 Å². The molecule has 4 fully saturated rings. The summed E-state index contributed by atoms with van der Waals surface area (Å²) >= 11 is 0. The number of fused-ring (bicyclic) bond motifs is 3. The van der Waals surface area contributed by atoms with E-state index in [1.165, 1.54) is 0 Å². The number of rotatable bonds is 2. The smallest absolute Gasteiger partial charge is 0.335 e. The highest BCUT2D eigenvalue weighted by atomic mass is 19.4. The Morgan fingerprint density at radius 3 is 1.75 bits per heavy atom. The molecule has 2 nitrogen and oxygen atoms in total. The Morgan fingerprint density at radius 1 is 0.800 bits per heavy atom. The largest absolute Gasteiger partial charge is 0.473 e. The molecular formula is C15H25F3NO+. The third kappa shape index (κ3) is 2.00. The molecule has 5 heteroatoms. The summed E-state index contributed by atoms with van der Waals surface area (Å²) in [6.45, 7) is 1.53. The molecule has 0 radical (unpaired) electrons. The van der Waals surface area contributed by atoms with Gasteiger partial charge >= 0.3 is 11.9 Å². The fourth-order valence-electron chi connectivity index (χ4n) is 4.96. The van der Waals surface area contributed by atoms with Crippen LogP contribution in [0.4, 0.5) is 13.2 Å². The maximum absolute atomic E-state index is 13.9. The summed E-state index contributed by atoms with van der Waals surface area (Å²) in [6, 6.07) is 0. The molecule has 4 aliphatic rings. The van der Waals surface area contributed by atoms with E-state index in [-0.39, 0.29) is 4.48 Å². The third-order valence-electron chi connectivity index (χ3n) is 6.21. The predicted molar refractivity (Wildman–Crippen MR) is 69.8 cm³/mol. The Balaban J connectivity index is 1.96. The number of piperidine rings is 3. The molecule has 0 amide bonds. The lowest BCUT2D eigenvalue weighted by atomic mass is 9.75. The van der Waals surface area contributed by atoms with Crippen LogP contribution < -0.4 is 0 Å². The van der Waals surface area contributed by atoms with E-state index in [2.05, 4.69) is 0 Å².